The maximum absolute atomic E-state index is 5.85. The number of hydrogen-bond donors (Lipinski definition) is 1. The summed E-state index contributed by atoms with van der Waals surface area (Å²) in [5.41, 5.74) is 3.53. The first-order chi connectivity index (χ1) is 7.84. The predicted octanol–water partition coefficient (Wildman–Crippen LogP) is 4.16. The second kappa shape index (κ2) is 5.63. The minimum absolute atomic E-state index is 0.0886. The predicted molar refractivity (Wildman–Crippen MR) is 78.4 cm³/mol. The molecular weight excluding hydrogens is 228 g/mol. The number of ether oxygens (including phenoxy) is 1. The Labute approximate surface area is 110 Å². The molecule has 0 saturated heterocycles. The zero-order valence-electron chi connectivity index (χ0n) is 11.2. The standard InChI is InChI=1S/C15H22OS/c1-11-6-7-13(15(3,4)5)14(8-11)16-9-12(2)10-17/h6-8,17H,2,9-10H2,1,3-5H3. The van der Waals surface area contributed by atoms with Crippen LogP contribution >= 0.6 is 12.6 Å². The van der Waals surface area contributed by atoms with Crippen molar-refractivity contribution in [2.24, 2.45) is 0 Å². The molecule has 94 valence electrons. The third-order valence-corrected chi connectivity index (χ3v) is 3.05. The number of thiol groups is 1. The lowest BCUT2D eigenvalue weighted by molar-refractivity contribution is 0.342. The van der Waals surface area contributed by atoms with E-state index in [0.717, 1.165) is 11.3 Å². The molecule has 0 amide bonds. The van der Waals surface area contributed by atoms with Crippen molar-refractivity contribution >= 4 is 12.6 Å². The highest BCUT2D eigenvalue weighted by molar-refractivity contribution is 7.80. The Morgan fingerprint density at radius 2 is 2.00 bits per heavy atom. The molecule has 0 heterocycles. The van der Waals surface area contributed by atoms with E-state index in [9.17, 15) is 0 Å². The number of rotatable bonds is 4. The van der Waals surface area contributed by atoms with Gasteiger partial charge in [0.1, 0.15) is 12.4 Å². The van der Waals surface area contributed by atoms with E-state index in [1.54, 1.807) is 0 Å². The van der Waals surface area contributed by atoms with Crippen molar-refractivity contribution in [1.29, 1.82) is 0 Å². The monoisotopic (exact) mass is 250 g/mol. The highest BCUT2D eigenvalue weighted by Gasteiger charge is 2.18. The summed E-state index contributed by atoms with van der Waals surface area (Å²) in [7, 11) is 0. The molecule has 0 radical (unpaired) electrons. The third kappa shape index (κ3) is 4.12. The van der Waals surface area contributed by atoms with Gasteiger partial charge < -0.3 is 4.74 Å². The van der Waals surface area contributed by atoms with E-state index in [0.29, 0.717) is 12.4 Å². The molecular formula is C15H22OS. The highest BCUT2D eigenvalue weighted by Crippen LogP contribution is 2.32. The van der Waals surface area contributed by atoms with Crippen LogP contribution in [0.25, 0.3) is 0 Å². The summed E-state index contributed by atoms with van der Waals surface area (Å²) in [6.07, 6.45) is 0. The molecule has 17 heavy (non-hydrogen) atoms. The first-order valence-electron chi connectivity index (χ1n) is 5.86. The van der Waals surface area contributed by atoms with Crippen LogP contribution < -0.4 is 4.74 Å². The average molecular weight is 250 g/mol. The summed E-state index contributed by atoms with van der Waals surface area (Å²) < 4.78 is 5.85. The van der Waals surface area contributed by atoms with Gasteiger partial charge in [0.15, 0.2) is 0 Å². The highest BCUT2D eigenvalue weighted by atomic mass is 32.1. The number of aryl methyl sites for hydroxylation is 1. The Morgan fingerprint density at radius 3 is 2.53 bits per heavy atom. The Morgan fingerprint density at radius 1 is 1.35 bits per heavy atom. The summed E-state index contributed by atoms with van der Waals surface area (Å²) in [4.78, 5) is 0. The van der Waals surface area contributed by atoms with Crippen LogP contribution in [-0.4, -0.2) is 12.4 Å². The van der Waals surface area contributed by atoms with Gasteiger partial charge in [-0.2, -0.15) is 12.6 Å². The van der Waals surface area contributed by atoms with Crippen LogP contribution in [0.5, 0.6) is 5.75 Å². The quantitative estimate of drug-likeness (QED) is 0.623. The first-order valence-corrected chi connectivity index (χ1v) is 6.49. The largest absolute Gasteiger partial charge is 0.489 e. The summed E-state index contributed by atoms with van der Waals surface area (Å²) in [5.74, 6) is 1.62. The normalized spacial score (nSPS) is 11.4. The molecule has 1 nitrogen and oxygen atoms in total. The van der Waals surface area contributed by atoms with Crippen LogP contribution in [0.1, 0.15) is 31.9 Å². The number of hydrogen-bond acceptors (Lipinski definition) is 2. The molecule has 0 N–H and O–H groups in total. The summed E-state index contributed by atoms with van der Waals surface area (Å²) >= 11 is 4.19. The Balaban J connectivity index is 2.96. The molecule has 0 fully saturated rings. The van der Waals surface area contributed by atoms with Crippen molar-refractivity contribution in [2.75, 3.05) is 12.4 Å². The zero-order valence-corrected chi connectivity index (χ0v) is 12.1. The van der Waals surface area contributed by atoms with Crippen LogP contribution in [0.4, 0.5) is 0 Å². The van der Waals surface area contributed by atoms with Crippen LogP contribution in [0, 0.1) is 6.92 Å². The van der Waals surface area contributed by atoms with Crippen molar-refractivity contribution in [3.63, 3.8) is 0 Å². The van der Waals surface area contributed by atoms with Gasteiger partial charge in [0.2, 0.25) is 0 Å². The third-order valence-electron chi connectivity index (χ3n) is 2.60. The molecule has 2 heteroatoms. The van der Waals surface area contributed by atoms with Gasteiger partial charge in [-0.3, -0.25) is 0 Å². The second-order valence-electron chi connectivity index (χ2n) is 5.45. The smallest absolute Gasteiger partial charge is 0.123 e. The molecule has 1 aromatic carbocycles. The lowest BCUT2D eigenvalue weighted by Gasteiger charge is -2.23. The first kappa shape index (κ1) is 14.2. The molecule has 0 aliphatic rings. The lowest BCUT2D eigenvalue weighted by Crippen LogP contribution is -2.14. The fourth-order valence-electron chi connectivity index (χ4n) is 1.59. The Bertz CT molecular complexity index is 402. The minimum atomic E-state index is 0.0886. The SMILES string of the molecule is C=C(CS)COc1cc(C)ccc1C(C)(C)C. The molecule has 0 bridgehead atoms. The van der Waals surface area contributed by atoms with Crippen LogP contribution in [0.15, 0.2) is 30.4 Å². The maximum atomic E-state index is 5.85. The fraction of sp³-hybridized carbons (Fsp3) is 0.467. The van der Waals surface area contributed by atoms with Crippen molar-refractivity contribution in [3.05, 3.63) is 41.5 Å². The maximum Gasteiger partial charge on any atom is 0.123 e. The molecule has 0 aliphatic heterocycles. The van der Waals surface area contributed by atoms with Gasteiger partial charge in [-0.05, 0) is 35.1 Å². The minimum Gasteiger partial charge on any atom is -0.489 e. The molecule has 1 rings (SSSR count). The molecule has 0 atom stereocenters. The van der Waals surface area contributed by atoms with Crippen molar-refractivity contribution in [3.8, 4) is 5.75 Å². The van der Waals surface area contributed by atoms with E-state index in [1.165, 1.54) is 11.1 Å². The van der Waals surface area contributed by atoms with Gasteiger partial charge in [-0.25, -0.2) is 0 Å². The van der Waals surface area contributed by atoms with E-state index < -0.39 is 0 Å². The van der Waals surface area contributed by atoms with E-state index in [2.05, 4.69) is 65.1 Å². The molecule has 0 spiro atoms. The lowest BCUT2D eigenvalue weighted by atomic mass is 9.86. The van der Waals surface area contributed by atoms with Gasteiger partial charge in [-0.1, -0.05) is 39.5 Å². The molecule has 0 saturated carbocycles. The Kier molecular flexibility index (Phi) is 4.70. The average Bonchev–Trinajstić information content (AvgIpc) is 2.24. The summed E-state index contributed by atoms with van der Waals surface area (Å²) in [5, 5.41) is 0. The summed E-state index contributed by atoms with van der Waals surface area (Å²) in [6.45, 7) is 13.1. The molecule has 0 unspecified atom stereocenters. The van der Waals surface area contributed by atoms with E-state index in [4.69, 9.17) is 4.74 Å². The van der Waals surface area contributed by atoms with Crippen LogP contribution in [0.2, 0.25) is 0 Å². The van der Waals surface area contributed by atoms with Gasteiger partial charge in [0.05, 0.1) is 0 Å². The molecule has 0 aromatic heterocycles. The van der Waals surface area contributed by atoms with Crippen molar-refractivity contribution in [1.82, 2.24) is 0 Å². The van der Waals surface area contributed by atoms with Gasteiger partial charge in [-0.15, -0.1) is 0 Å². The van der Waals surface area contributed by atoms with Crippen molar-refractivity contribution in [2.45, 2.75) is 33.1 Å². The van der Waals surface area contributed by atoms with E-state index in [1.807, 2.05) is 0 Å². The van der Waals surface area contributed by atoms with Gasteiger partial charge in [0, 0.05) is 5.75 Å². The topological polar surface area (TPSA) is 9.23 Å². The van der Waals surface area contributed by atoms with Crippen LogP contribution in [-0.2, 0) is 5.41 Å². The second-order valence-corrected chi connectivity index (χ2v) is 5.76. The van der Waals surface area contributed by atoms with E-state index in [-0.39, 0.29) is 5.41 Å². The van der Waals surface area contributed by atoms with Gasteiger partial charge in [0.25, 0.3) is 0 Å². The van der Waals surface area contributed by atoms with Crippen molar-refractivity contribution < 1.29 is 4.74 Å². The van der Waals surface area contributed by atoms with E-state index >= 15 is 0 Å². The van der Waals surface area contributed by atoms with Crippen LogP contribution in [0.3, 0.4) is 0 Å². The molecule has 0 aliphatic carbocycles. The van der Waals surface area contributed by atoms with Gasteiger partial charge >= 0.3 is 0 Å². The zero-order chi connectivity index (χ0) is 13.1. The summed E-state index contributed by atoms with van der Waals surface area (Å²) in [6, 6.07) is 6.36. The Hall–Kier alpha value is -0.890. The fourth-order valence-corrected chi connectivity index (χ4v) is 1.69. The molecule has 1 aromatic rings. The number of benzene rings is 1.